The van der Waals surface area contributed by atoms with Gasteiger partial charge >= 0.3 is 0 Å². The molecular formula is C22H25N5O2. The minimum atomic E-state index is -0.283. The van der Waals surface area contributed by atoms with Gasteiger partial charge < -0.3 is 20.0 Å². The summed E-state index contributed by atoms with van der Waals surface area (Å²) in [4.78, 5) is 23.3. The van der Waals surface area contributed by atoms with E-state index < -0.39 is 0 Å². The first kappa shape index (κ1) is 19.0. The molecule has 0 aliphatic carbocycles. The molecule has 4 rings (SSSR count). The lowest BCUT2D eigenvalue weighted by molar-refractivity contribution is 0.102. The van der Waals surface area contributed by atoms with E-state index >= 15 is 0 Å². The van der Waals surface area contributed by atoms with Crippen LogP contribution in [-0.2, 0) is 6.54 Å². The summed E-state index contributed by atoms with van der Waals surface area (Å²) in [5.74, 6) is 1.90. The second-order valence-corrected chi connectivity index (χ2v) is 7.39. The van der Waals surface area contributed by atoms with E-state index in [0.29, 0.717) is 12.4 Å². The fraction of sp³-hybridized carbons (Fsp3) is 0.318. The molecule has 3 aromatic rings. The van der Waals surface area contributed by atoms with Gasteiger partial charge in [0.2, 0.25) is 0 Å². The molecule has 150 valence electrons. The molecule has 0 spiro atoms. The zero-order valence-electron chi connectivity index (χ0n) is 16.5. The molecule has 29 heavy (non-hydrogen) atoms. The number of hydrogen-bond donors (Lipinski definition) is 2. The van der Waals surface area contributed by atoms with E-state index in [2.05, 4.69) is 44.6 Å². The Morgan fingerprint density at radius 1 is 1.14 bits per heavy atom. The van der Waals surface area contributed by atoms with Crippen LogP contribution in [0.2, 0.25) is 0 Å². The number of carbonyl (C=O) groups excluding carboxylic acids is 1. The number of amides is 1. The summed E-state index contributed by atoms with van der Waals surface area (Å²) in [6.07, 6.45) is 7.07. The lowest BCUT2D eigenvalue weighted by atomic mass is 9.99. The van der Waals surface area contributed by atoms with E-state index in [9.17, 15) is 4.79 Å². The van der Waals surface area contributed by atoms with Gasteiger partial charge in [0.05, 0.1) is 25.2 Å². The van der Waals surface area contributed by atoms with E-state index in [1.807, 2.05) is 24.3 Å². The Kier molecular flexibility index (Phi) is 5.74. The number of anilines is 3. The molecule has 2 aromatic heterocycles. The summed E-state index contributed by atoms with van der Waals surface area (Å²) in [6.45, 7) is 4.99. The SMILES string of the molecule is CC1CCN(c2ccc(NC(=O)c3cnc(NCc4ccco4)cn3)cc2)CC1. The van der Waals surface area contributed by atoms with Crippen LogP contribution in [0.3, 0.4) is 0 Å². The lowest BCUT2D eigenvalue weighted by Gasteiger charge is -2.32. The van der Waals surface area contributed by atoms with Crippen molar-refractivity contribution in [1.82, 2.24) is 9.97 Å². The van der Waals surface area contributed by atoms with Crippen LogP contribution in [0.15, 0.2) is 59.5 Å². The van der Waals surface area contributed by atoms with Crippen LogP contribution in [0.25, 0.3) is 0 Å². The number of benzene rings is 1. The van der Waals surface area contributed by atoms with Gasteiger partial charge in [-0.25, -0.2) is 9.97 Å². The first-order valence-corrected chi connectivity index (χ1v) is 9.92. The molecule has 0 atom stereocenters. The Balaban J connectivity index is 1.31. The van der Waals surface area contributed by atoms with E-state index in [-0.39, 0.29) is 11.6 Å². The van der Waals surface area contributed by atoms with Crippen LogP contribution in [-0.4, -0.2) is 29.0 Å². The van der Waals surface area contributed by atoms with Crippen molar-refractivity contribution in [2.75, 3.05) is 28.6 Å². The highest BCUT2D eigenvalue weighted by molar-refractivity contribution is 6.02. The normalized spacial score (nSPS) is 14.6. The Morgan fingerprint density at radius 2 is 1.93 bits per heavy atom. The minimum Gasteiger partial charge on any atom is -0.467 e. The number of piperidine rings is 1. The summed E-state index contributed by atoms with van der Waals surface area (Å²) < 4.78 is 5.26. The summed E-state index contributed by atoms with van der Waals surface area (Å²) in [6, 6.07) is 11.7. The highest BCUT2D eigenvalue weighted by atomic mass is 16.3. The Labute approximate surface area is 170 Å². The predicted octanol–water partition coefficient (Wildman–Crippen LogP) is 4.17. The number of hydrogen-bond acceptors (Lipinski definition) is 6. The first-order valence-electron chi connectivity index (χ1n) is 9.92. The summed E-state index contributed by atoms with van der Waals surface area (Å²) >= 11 is 0. The van der Waals surface area contributed by atoms with Gasteiger partial charge in [-0.1, -0.05) is 6.92 Å². The number of aromatic nitrogens is 2. The van der Waals surface area contributed by atoms with E-state index in [0.717, 1.165) is 30.5 Å². The van der Waals surface area contributed by atoms with Crippen molar-refractivity contribution in [2.45, 2.75) is 26.3 Å². The number of carbonyl (C=O) groups is 1. The molecule has 0 bridgehead atoms. The third-order valence-corrected chi connectivity index (χ3v) is 5.18. The average molecular weight is 391 g/mol. The standard InChI is InChI=1S/C22H25N5O2/c1-16-8-10-27(11-9-16)18-6-4-17(5-7-18)26-22(28)20-14-25-21(15-23-20)24-13-19-3-2-12-29-19/h2-7,12,14-16H,8-11,13H2,1H3,(H,24,25)(H,26,28). The highest BCUT2D eigenvalue weighted by Gasteiger charge is 2.16. The number of nitrogens with one attached hydrogen (secondary N) is 2. The summed E-state index contributed by atoms with van der Waals surface area (Å²) in [5.41, 5.74) is 2.20. The fourth-order valence-corrected chi connectivity index (χ4v) is 3.34. The maximum atomic E-state index is 12.4. The fourth-order valence-electron chi connectivity index (χ4n) is 3.34. The second kappa shape index (κ2) is 8.77. The molecule has 2 N–H and O–H groups in total. The molecule has 1 aliphatic heterocycles. The van der Waals surface area contributed by atoms with Crippen molar-refractivity contribution in [3.8, 4) is 0 Å². The van der Waals surface area contributed by atoms with Crippen LogP contribution >= 0.6 is 0 Å². The summed E-state index contributed by atoms with van der Waals surface area (Å²) in [7, 11) is 0. The average Bonchev–Trinajstić information content (AvgIpc) is 3.27. The Hall–Kier alpha value is -3.35. The molecule has 1 amide bonds. The van der Waals surface area contributed by atoms with E-state index in [1.165, 1.54) is 30.9 Å². The zero-order valence-corrected chi connectivity index (χ0v) is 16.5. The van der Waals surface area contributed by atoms with Crippen LogP contribution in [0.1, 0.15) is 36.0 Å². The van der Waals surface area contributed by atoms with Gasteiger partial charge in [0.25, 0.3) is 5.91 Å². The van der Waals surface area contributed by atoms with Gasteiger partial charge in [-0.15, -0.1) is 0 Å². The maximum absolute atomic E-state index is 12.4. The van der Waals surface area contributed by atoms with E-state index in [4.69, 9.17) is 4.42 Å². The number of nitrogens with zero attached hydrogens (tertiary/aromatic N) is 3. The zero-order chi connectivity index (χ0) is 20.1. The molecule has 3 heterocycles. The molecule has 0 saturated carbocycles. The third-order valence-electron chi connectivity index (χ3n) is 5.18. The van der Waals surface area contributed by atoms with Crippen molar-refractivity contribution >= 4 is 23.1 Å². The molecule has 1 aliphatic rings. The van der Waals surface area contributed by atoms with Crippen molar-refractivity contribution in [3.63, 3.8) is 0 Å². The van der Waals surface area contributed by atoms with Crippen LogP contribution < -0.4 is 15.5 Å². The van der Waals surface area contributed by atoms with Gasteiger partial charge in [-0.05, 0) is 55.2 Å². The molecular weight excluding hydrogens is 366 g/mol. The number of rotatable bonds is 6. The van der Waals surface area contributed by atoms with Crippen molar-refractivity contribution in [3.05, 3.63) is 66.5 Å². The first-order chi connectivity index (χ1) is 14.2. The van der Waals surface area contributed by atoms with Gasteiger partial charge in [0.15, 0.2) is 0 Å². The molecule has 7 heteroatoms. The van der Waals surface area contributed by atoms with Gasteiger partial charge in [0, 0.05) is 24.5 Å². The largest absolute Gasteiger partial charge is 0.467 e. The van der Waals surface area contributed by atoms with Gasteiger partial charge in [0.1, 0.15) is 17.3 Å². The molecule has 7 nitrogen and oxygen atoms in total. The maximum Gasteiger partial charge on any atom is 0.275 e. The number of furan rings is 1. The molecule has 1 aromatic carbocycles. The van der Waals surface area contributed by atoms with Crippen molar-refractivity contribution in [1.29, 1.82) is 0 Å². The second-order valence-electron chi connectivity index (χ2n) is 7.39. The quantitative estimate of drug-likeness (QED) is 0.656. The summed E-state index contributed by atoms with van der Waals surface area (Å²) in [5, 5.41) is 5.97. The van der Waals surface area contributed by atoms with Crippen LogP contribution in [0.4, 0.5) is 17.2 Å². The predicted molar refractivity (Wildman–Crippen MR) is 113 cm³/mol. The smallest absolute Gasteiger partial charge is 0.275 e. The molecule has 0 unspecified atom stereocenters. The van der Waals surface area contributed by atoms with E-state index in [1.54, 1.807) is 6.26 Å². The lowest BCUT2D eigenvalue weighted by Crippen LogP contribution is -2.32. The third kappa shape index (κ3) is 4.93. The molecule has 0 radical (unpaired) electrons. The van der Waals surface area contributed by atoms with Crippen LogP contribution in [0.5, 0.6) is 0 Å². The topological polar surface area (TPSA) is 83.3 Å². The van der Waals surface area contributed by atoms with Gasteiger partial charge in [-0.3, -0.25) is 4.79 Å². The minimum absolute atomic E-state index is 0.266. The monoisotopic (exact) mass is 391 g/mol. The van der Waals surface area contributed by atoms with Crippen molar-refractivity contribution < 1.29 is 9.21 Å². The van der Waals surface area contributed by atoms with Crippen molar-refractivity contribution in [2.24, 2.45) is 5.92 Å². The highest BCUT2D eigenvalue weighted by Crippen LogP contribution is 2.24. The molecule has 1 saturated heterocycles. The Bertz CT molecular complexity index is 915. The Morgan fingerprint density at radius 3 is 2.59 bits per heavy atom. The van der Waals surface area contributed by atoms with Gasteiger partial charge in [-0.2, -0.15) is 0 Å². The molecule has 1 fully saturated rings. The van der Waals surface area contributed by atoms with Crippen LogP contribution in [0, 0.1) is 5.92 Å².